The summed E-state index contributed by atoms with van der Waals surface area (Å²) in [5, 5.41) is 8.38. The maximum atomic E-state index is 11.8. The Bertz CT molecular complexity index is 656. The summed E-state index contributed by atoms with van der Waals surface area (Å²) in [6.07, 6.45) is 3.88. The van der Waals surface area contributed by atoms with Gasteiger partial charge in [-0.15, -0.1) is 5.10 Å². The molecule has 0 saturated carbocycles. The first kappa shape index (κ1) is 14.0. The summed E-state index contributed by atoms with van der Waals surface area (Å²) in [5.41, 5.74) is 2.06. The van der Waals surface area contributed by atoms with Crippen LogP contribution in [0.4, 0.5) is 0 Å². The molecule has 1 fully saturated rings. The van der Waals surface area contributed by atoms with Crippen molar-refractivity contribution in [2.24, 2.45) is 0 Å². The number of aromatic nitrogens is 4. The molecule has 112 valence electrons. The first-order valence-corrected chi connectivity index (χ1v) is 7.38. The number of nitrogens with zero attached hydrogens (tertiary/aromatic N) is 4. The van der Waals surface area contributed by atoms with Crippen LogP contribution in [0.5, 0.6) is 0 Å². The molecule has 1 aliphatic heterocycles. The minimum absolute atomic E-state index is 0.0531. The second-order valence-electron chi connectivity index (χ2n) is 5.48. The molecule has 0 aliphatic carbocycles. The Morgan fingerprint density at radius 2 is 2.29 bits per heavy atom. The zero-order chi connectivity index (χ0) is 14.7. The highest BCUT2D eigenvalue weighted by molar-refractivity contribution is 5.05. The van der Waals surface area contributed by atoms with E-state index >= 15 is 0 Å². The van der Waals surface area contributed by atoms with Gasteiger partial charge in [0.2, 0.25) is 0 Å². The summed E-state index contributed by atoms with van der Waals surface area (Å²) in [5.74, 6) is 0.387. The quantitative estimate of drug-likeness (QED) is 0.833. The van der Waals surface area contributed by atoms with Crippen molar-refractivity contribution >= 4 is 0 Å². The number of rotatable bonds is 5. The van der Waals surface area contributed by atoms with Gasteiger partial charge < -0.3 is 9.30 Å². The van der Waals surface area contributed by atoms with Crippen LogP contribution in [0.2, 0.25) is 0 Å². The topological polar surface area (TPSA) is 61.9 Å². The largest absolute Gasteiger partial charge is 0.381 e. The first-order chi connectivity index (χ1) is 10.2. The van der Waals surface area contributed by atoms with E-state index < -0.39 is 0 Å². The number of aryl methyl sites for hydroxylation is 2. The fourth-order valence-electron chi connectivity index (χ4n) is 2.68. The van der Waals surface area contributed by atoms with Gasteiger partial charge >= 0.3 is 0 Å². The van der Waals surface area contributed by atoms with E-state index in [2.05, 4.69) is 10.3 Å². The SMILES string of the molecule is Cc1cccc(=O)n1CCCn1cc([C@H]2CCOC2)nn1. The van der Waals surface area contributed by atoms with Crippen LogP contribution in [0.3, 0.4) is 0 Å². The molecule has 21 heavy (non-hydrogen) atoms. The van der Waals surface area contributed by atoms with Gasteiger partial charge in [0, 0.05) is 43.6 Å². The van der Waals surface area contributed by atoms with Crippen molar-refractivity contribution in [3.05, 3.63) is 46.1 Å². The number of ether oxygens (including phenoxy) is 1. The Kier molecular flexibility index (Phi) is 4.15. The van der Waals surface area contributed by atoms with Gasteiger partial charge in [-0.1, -0.05) is 11.3 Å². The maximum absolute atomic E-state index is 11.8. The Hall–Kier alpha value is -1.95. The molecule has 0 spiro atoms. The standard InChI is InChI=1S/C15H20N4O2/c1-12-4-2-5-15(20)19(12)8-3-7-18-10-14(16-17-18)13-6-9-21-11-13/h2,4-5,10,13H,3,6-9,11H2,1H3/t13-/m0/s1. The lowest BCUT2D eigenvalue weighted by Gasteiger charge is -2.08. The van der Waals surface area contributed by atoms with Crippen molar-refractivity contribution in [1.29, 1.82) is 0 Å². The fourth-order valence-corrected chi connectivity index (χ4v) is 2.68. The predicted octanol–water partition coefficient (Wildman–Crippen LogP) is 1.34. The number of hydrogen-bond donors (Lipinski definition) is 0. The molecule has 6 nitrogen and oxygen atoms in total. The summed E-state index contributed by atoms with van der Waals surface area (Å²) in [6.45, 7) is 4.98. The molecular weight excluding hydrogens is 268 g/mol. The van der Waals surface area contributed by atoms with Gasteiger partial charge in [0.25, 0.3) is 5.56 Å². The highest BCUT2D eigenvalue weighted by Gasteiger charge is 2.20. The van der Waals surface area contributed by atoms with Gasteiger partial charge in [0.05, 0.1) is 12.3 Å². The molecule has 3 heterocycles. The van der Waals surface area contributed by atoms with Crippen LogP contribution in [0.1, 0.15) is 30.1 Å². The smallest absolute Gasteiger partial charge is 0.250 e. The van der Waals surface area contributed by atoms with E-state index in [0.717, 1.165) is 44.0 Å². The third-order valence-electron chi connectivity index (χ3n) is 3.94. The summed E-state index contributed by atoms with van der Waals surface area (Å²) in [7, 11) is 0. The molecule has 0 unspecified atom stereocenters. The van der Waals surface area contributed by atoms with Crippen LogP contribution < -0.4 is 5.56 Å². The van der Waals surface area contributed by atoms with E-state index in [4.69, 9.17) is 4.74 Å². The van der Waals surface area contributed by atoms with Gasteiger partial charge in [0.15, 0.2) is 0 Å². The van der Waals surface area contributed by atoms with Crippen LogP contribution in [-0.2, 0) is 17.8 Å². The average molecular weight is 288 g/mol. The highest BCUT2D eigenvalue weighted by Crippen LogP contribution is 2.22. The van der Waals surface area contributed by atoms with Gasteiger partial charge in [-0.2, -0.15) is 0 Å². The third kappa shape index (κ3) is 3.21. The van der Waals surface area contributed by atoms with Gasteiger partial charge in [-0.05, 0) is 25.8 Å². The van der Waals surface area contributed by atoms with Gasteiger partial charge in [0.1, 0.15) is 0 Å². The Morgan fingerprint density at radius 3 is 3.05 bits per heavy atom. The van der Waals surface area contributed by atoms with Crippen molar-refractivity contribution in [1.82, 2.24) is 19.6 Å². The normalized spacial score (nSPS) is 18.2. The van der Waals surface area contributed by atoms with E-state index in [1.807, 2.05) is 23.9 Å². The van der Waals surface area contributed by atoms with Crippen LogP contribution in [0.15, 0.2) is 29.2 Å². The molecule has 0 aromatic carbocycles. The maximum Gasteiger partial charge on any atom is 0.250 e. The van der Waals surface area contributed by atoms with Crippen LogP contribution >= 0.6 is 0 Å². The number of hydrogen-bond acceptors (Lipinski definition) is 4. The lowest BCUT2D eigenvalue weighted by Crippen LogP contribution is -2.21. The summed E-state index contributed by atoms with van der Waals surface area (Å²) in [6, 6.07) is 5.34. The second-order valence-corrected chi connectivity index (χ2v) is 5.48. The predicted molar refractivity (Wildman–Crippen MR) is 78.3 cm³/mol. The summed E-state index contributed by atoms with van der Waals surface area (Å²) >= 11 is 0. The van der Waals surface area contributed by atoms with Crippen molar-refractivity contribution in [3.8, 4) is 0 Å². The Balaban J connectivity index is 1.57. The molecule has 2 aromatic rings. The minimum atomic E-state index is 0.0531. The fraction of sp³-hybridized carbons (Fsp3) is 0.533. The molecule has 6 heteroatoms. The van der Waals surface area contributed by atoms with Gasteiger partial charge in [-0.25, -0.2) is 0 Å². The molecular formula is C15H20N4O2. The summed E-state index contributed by atoms with van der Waals surface area (Å²) < 4.78 is 9.02. The second kappa shape index (κ2) is 6.22. The third-order valence-corrected chi connectivity index (χ3v) is 3.94. The van der Waals surface area contributed by atoms with E-state index in [-0.39, 0.29) is 5.56 Å². The van der Waals surface area contributed by atoms with Crippen LogP contribution in [0, 0.1) is 6.92 Å². The van der Waals surface area contributed by atoms with Gasteiger partial charge in [-0.3, -0.25) is 9.48 Å². The molecule has 3 rings (SSSR count). The van der Waals surface area contributed by atoms with Crippen molar-refractivity contribution in [2.45, 2.75) is 38.8 Å². The molecule has 0 N–H and O–H groups in total. The Morgan fingerprint density at radius 1 is 1.38 bits per heavy atom. The number of pyridine rings is 1. The average Bonchev–Trinajstić information content (AvgIpc) is 3.12. The van der Waals surface area contributed by atoms with E-state index in [0.29, 0.717) is 12.5 Å². The molecule has 1 atom stereocenters. The monoisotopic (exact) mass is 288 g/mol. The molecule has 0 radical (unpaired) electrons. The molecule has 0 amide bonds. The van der Waals surface area contributed by atoms with Crippen LogP contribution in [0.25, 0.3) is 0 Å². The molecule has 1 aliphatic rings. The Labute approximate surface area is 123 Å². The van der Waals surface area contributed by atoms with E-state index in [1.165, 1.54) is 0 Å². The summed E-state index contributed by atoms with van der Waals surface area (Å²) in [4.78, 5) is 11.8. The lowest BCUT2D eigenvalue weighted by atomic mass is 10.1. The van der Waals surface area contributed by atoms with Crippen LogP contribution in [-0.4, -0.2) is 32.8 Å². The minimum Gasteiger partial charge on any atom is -0.381 e. The lowest BCUT2D eigenvalue weighted by molar-refractivity contribution is 0.193. The zero-order valence-electron chi connectivity index (χ0n) is 12.2. The zero-order valence-corrected chi connectivity index (χ0v) is 12.2. The van der Waals surface area contributed by atoms with Crippen molar-refractivity contribution < 1.29 is 4.74 Å². The van der Waals surface area contributed by atoms with Crippen molar-refractivity contribution in [2.75, 3.05) is 13.2 Å². The van der Waals surface area contributed by atoms with E-state index in [9.17, 15) is 4.79 Å². The first-order valence-electron chi connectivity index (χ1n) is 7.38. The highest BCUT2D eigenvalue weighted by atomic mass is 16.5. The molecule has 1 saturated heterocycles. The van der Waals surface area contributed by atoms with Crippen molar-refractivity contribution in [3.63, 3.8) is 0 Å². The van der Waals surface area contributed by atoms with E-state index in [1.54, 1.807) is 16.7 Å². The molecule has 2 aromatic heterocycles. The molecule has 0 bridgehead atoms.